The zero-order valence-corrected chi connectivity index (χ0v) is 27.0. The fourth-order valence-corrected chi connectivity index (χ4v) is 6.62. The summed E-state index contributed by atoms with van der Waals surface area (Å²) in [6.07, 6.45) is 3.03. The van der Waals surface area contributed by atoms with Crippen LogP contribution in [0.1, 0.15) is 70.1 Å². The zero-order chi connectivity index (χ0) is 33.9. The van der Waals surface area contributed by atoms with Crippen LogP contribution >= 0.6 is 23.2 Å². The van der Waals surface area contributed by atoms with Gasteiger partial charge in [-0.25, -0.2) is 0 Å². The molecule has 0 bridgehead atoms. The maximum Gasteiger partial charge on any atom is 0.317 e. The summed E-state index contributed by atoms with van der Waals surface area (Å²) in [5, 5.41) is 39.0. The molecular formula is C32H32Cl2N8O6. The number of rotatable bonds is 11. The van der Waals surface area contributed by atoms with E-state index in [0.717, 1.165) is 37.1 Å². The standard InChI is InChI=1S/C32H32Cl2N8O6/c33-29-17(5-1-7-21(29)37-31(47)23-13-25-19(35-15-27(43)44)9-3-11-41(25)39-23)18-6-2-8-22(30(18)34)38-32(48)24-14-26-20(36-16-28(45)46)10-4-12-42(26)40-24/h1-2,5-8,13-14,19-20,35-36H,3-4,9-12,15-16H2,(H,37,47)(H,38,48)(H,43,44)(H,45,46). The van der Waals surface area contributed by atoms with Gasteiger partial charge in [-0.15, -0.1) is 0 Å². The van der Waals surface area contributed by atoms with Crippen LogP contribution in [0.2, 0.25) is 10.0 Å². The van der Waals surface area contributed by atoms with Crippen molar-refractivity contribution in [2.24, 2.45) is 0 Å². The number of hydrogen-bond donors (Lipinski definition) is 6. The number of aliphatic carboxylic acids is 2. The lowest BCUT2D eigenvalue weighted by Crippen LogP contribution is -2.31. The van der Waals surface area contributed by atoms with E-state index in [1.165, 1.54) is 0 Å². The summed E-state index contributed by atoms with van der Waals surface area (Å²) in [5.41, 5.74) is 3.50. The van der Waals surface area contributed by atoms with Crippen LogP contribution in [-0.4, -0.2) is 66.6 Å². The Bertz CT molecular complexity index is 1770. The molecule has 0 radical (unpaired) electrons. The molecule has 2 aromatic heterocycles. The minimum atomic E-state index is -0.967. The highest BCUT2D eigenvalue weighted by Gasteiger charge is 2.27. The first-order chi connectivity index (χ1) is 23.1. The van der Waals surface area contributed by atoms with E-state index in [4.69, 9.17) is 33.4 Å². The van der Waals surface area contributed by atoms with E-state index in [9.17, 15) is 19.2 Å². The van der Waals surface area contributed by atoms with Crippen molar-refractivity contribution in [3.8, 4) is 11.1 Å². The summed E-state index contributed by atoms with van der Waals surface area (Å²) in [4.78, 5) is 48.6. The molecule has 48 heavy (non-hydrogen) atoms. The van der Waals surface area contributed by atoms with Gasteiger partial charge in [0.25, 0.3) is 11.8 Å². The number of nitrogens with zero attached hydrogens (tertiary/aromatic N) is 4. The van der Waals surface area contributed by atoms with Gasteiger partial charge in [-0.2, -0.15) is 10.2 Å². The summed E-state index contributed by atoms with van der Waals surface area (Å²) in [5.74, 6) is -2.90. The van der Waals surface area contributed by atoms with E-state index in [1.807, 2.05) is 0 Å². The Kier molecular flexibility index (Phi) is 9.78. The summed E-state index contributed by atoms with van der Waals surface area (Å²) >= 11 is 13.6. The SMILES string of the molecule is O=C(O)CNC1CCCn2nc(C(=O)Nc3cccc(-c4cccc(NC(=O)c5cc6n(n5)CCCC6NCC(=O)O)c4Cl)c3Cl)cc21. The molecular weight excluding hydrogens is 663 g/mol. The maximum absolute atomic E-state index is 13.3. The molecule has 2 aliphatic heterocycles. The van der Waals surface area contributed by atoms with E-state index < -0.39 is 23.8 Å². The fourth-order valence-electron chi connectivity index (χ4n) is 6.07. The van der Waals surface area contributed by atoms with Crippen molar-refractivity contribution in [2.75, 3.05) is 23.7 Å². The van der Waals surface area contributed by atoms with Gasteiger partial charge in [0.1, 0.15) is 0 Å². The molecule has 0 aliphatic carbocycles. The van der Waals surface area contributed by atoms with Crippen LogP contribution in [0.25, 0.3) is 11.1 Å². The third-order valence-electron chi connectivity index (χ3n) is 8.31. The second kappa shape index (κ2) is 14.2. The van der Waals surface area contributed by atoms with Gasteiger partial charge in [-0.3, -0.25) is 39.2 Å². The van der Waals surface area contributed by atoms with Crippen molar-refractivity contribution >= 4 is 58.3 Å². The molecule has 6 N–H and O–H groups in total. The van der Waals surface area contributed by atoms with Crippen molar-refractivity contribution in [1.29, 1.82) is 0 Å². The van der Waals surface area contributed by atoms with Crippen LogP contribution < -0.4 is 21.3 Å². The Labute approximate surface area is 284 Å². The number of fused-ring (bicyclic) bond motifs is 2. The summed E-state index contributed by atoms with van der Waals surface area (Å²) in [6.45, 7) is 0.825. The average Bonchev–Trinajstić information content (AvgIpc) is 3.71. The lowest BCUT2D eigenvalue weighted by molar-refractivity contribution is -0.137. The molecule has 2 unspecified atom stereocenters. The van der Waals surface area contributed by atoms with E-state index in [0.29, 0.717) is 35.6 Å². The number of benzene rings is 2. The van der Waals surface area contributed by atoms with Crippen LogP contribution in [0.15, 0.2) is 48.5 Å². The predicted molar refractivity (Wildman–Crippen MR) is 177 cm³/mol. The Hall–Kier alpha value is -4.76. The van der Waals surface area contributed by atoms with Crippen LogP contribution in [0.3, 0.4) is 0 Å². The second-order valence-corrected chi connectivity index (χ2v) is 12.3. The molecule has 14 nitrogen and oxygen atoms in total. The molecule has 250 valence electrons. The van der Waals surface area contributed by atoms with Crippen molar-refractivity contribution in [3.63, 3.8) is 0 Å². The first-order valence-electron chi connectivity index (χ1n) is 15.3. The van der Waals surface area contributed by atoms with E-state index >= 15 is 0 Å². The van der Waals surface area contributed by atoms with Gasteiger partial charge >= 0.3 is 11.9 Å². The molecule has 2 aliphatic rings. The Morgan fingerprint density at radius 3 is 1.52 bits per heavy atom. The first kappa shape index (κ1) is 33.2. The van der Waals surface area contributed by atoms with Crippen LogP contribution in [0.4, 0.5) is 11.4 Å². The predicted octanol–water partition coefficient (Wildman–Crippen LogP) is 4.58. The molecule has 0 saturated heterocycles. The van der Waals surface area contributed by atoms with Crippen LogP contribution in [0, 0.1) is 0 Å². The van der Waals surface area contributed by atoms with Gasteiger partial charge in [0.15, 0.2) is 11.4 Å². The number of carboxylic acids is 2. The van der Waals surface area contributed by atoms with Crippen molar-refractivity contribution in [3.05, 3.63) is 81.4 Å². The number of anilines is 2. The molecule has 0 fully saturated rings. The number of carbonyl (C=O) groups is 4. The number of halogens is 2. The van der Waals surface area contributed by atoms with E-state index in [2.05, 4.69) is 31.5 Å². The number of nitrogens with one attached hydrogen (secondary N) is 4. The second-order valence-electron chi connectivity index (χ2n) is 11.5. The molecule has 2 aromatic carbocycles. The summed E-state index contributed by atoms with van der Waals surface area (Å²) in [6, 6.07) is 13.0. The Morgan fingerprint density at radius 2 is 1.12 bits per heavy atom. The van der Waals surface area contributed by atoms with Gasteiger partial charge in [0, 0.05) is 36.3 Å². The van der Waals surface area contributed by atoms with E-state index in [1.54, 1.807) is 57.9 Å². The molecule has 4 aromatic rings. The van der Waals surface area contributed by atoms with Gasteiger partial charge in [0.2, 0.25) is 0 Å². The third-order valence-corrected chi connectivity index (χ3v) is 9.12. The number of carbonyl (C=O) groups excluding carboxylic acids is 2. The maximum atomic E-state index is 13.3. The van der Waals surface area contributed by atoms with Crippen LogP contribution in [0.5, 0.6) is 0 Å². The Balaban J connectivity index is 1.18. The highest BCUT2D eigenvalue weighted by Crippen LogP contribution is 2.40. The first-order valence-corrected chi connectivity index (χ1v) is 16.1. The van der Waals surface area contributed by atoms with Gasteiger partial charge in [-0.05, 0) is 49.9 Å². The number of hydrogen-bond acceptors (Lipinski definition) is 8. The zero-order valence-electron chi connectivity index (χ0n) is 25.5. The fraction of sp³-hybridized carbons (Fsp3) is 0.312. The van der Waals surface area contributed by atoms with Crippen molar-refractivity contribution in [1.82, 2.24) is 30.2 Å². The molecule has 16 heteroatoms. The molecule has 0 saturated carbocycles. The average molecular weight is 696 g/mol. The quantitative estimate of drug-likeness (QED) is 0.129. The van der Waals surface area contributed by atoms with Crippen LogP contribution in [-0.2, 0) is 22.7 Å². The van der Waals surface area contributed by atoms with Gasteiger partial charge in [0.05, 0.1) is 45.9 Å². The minimum absolute atomic E-state index is 0.170. The number of carboxylic acid groups (broad SMARTS) is 2. The molecule has 0 spiro atoms. The highest BCUT2D eigenvalue weighted by atomic mass is 35.5. The van der Waals surface area contributed by atoms with E-state index in [-0.39, 0.29) is 46.6 Å². The monoisotopic (exact) mass is 694 g/mol. The minimum Gasteiger partial charge on any atom is -0.480 e. The van der Waals surface area contributed by atoms with Crippen molar-refractivity contribution in [2.45, 2.75) is 50.9 Å². The molecule has 6 rings (SSSR count). The van der Waals surface area contributed by atoms with Gasteiger partial charge in [-0.1, -0.05) is 47.5 Å². The highest BCUT2D eigenvalue weighted by molar-refractivity contribution is 6.40. The summed E-state index contributed by atoms with van der Waals surface area (Å²) < 4.78 is 3.42. The topological polar surface area (TPSA) is 192 Å². The summed E-state index contributed by atoms with van der Waals surface area (Å²) in [7, 11) is 0. The number of aromatic nitrogens is 4. The smallest absolute Gasteiger partial charge is 0.317 e. The number of aryl methyl sites for hydroxylation is 2. The lowest BCUT2D eigenvalue weighted by atomic mass is 10.0. The third kappa shape index (κ3) is 7.06. The normalized spacial score (nSPS) is 16.9. The van der Waals surface area contributed by atoms with Gasteiger partial charge < -0.3 is 20.8 Å². The van der Waals surface area contributed by atoms with Crippen molar-refractivity contribution < 1.29 is 29.4 Å². The number of amides is 2. The molecule has 4 heterocycles. The Morgan fingerprint density at radius 1 is 0.708 bits per heavy atom. The molecule has 2 amide bonds. The molecule has 2 atom stereocenters. The lowest BCUT2D eigenvalue weighted by Gasteiger charge is -2.23. The largest absolute Gasteiger partial charge is 0.480 e.